The van der Waals surface area contributed by atoms with Crippen LogP contribution in [0.3, 0.4) is 0 Å². The van der Waals surface area contributed by atoms with Crippen molar-refractivity contribution in [3.8, 4) is 0 Å². The minimum atomic E-state index is 0.290. The van der Waals surface area contributed by atoms with Gasteiger partial charge in [-0.25, -0.2) is 0 Å². The second-order valence-corrected chi connectivity index (χ2v) is 4.58. The second kappa shape index (κ2) is 5.69. The highest BCUT2D eigenvalue weighted by Crippen LogP contribution is 2.17. The van der Waals surface area contributed by atoms with Crippen molar-refractivity contribution in [3.05, 3.63) is 47.9 Å². The molecule has 1 N–H and O–H groups in total. The molecule has 1 aromatic carbocycles. The predicted octanol–water partition coefficient (Wildman–Crippen LogP) is 2.59. The van der Waals surface area contributed by atoms with E-state index in [4.69, 9.17) is 4.52 Å². The molecule has 0 fully saturated rings. The summed E-state index contributed by atoms with van der Waals surface area (Å²) in [4.78, 5) is 2.09. The van der Waals surface area contributed by atoms with Crippen molar-refractivity contribution in [2.75, 3.05) is 19.0 Å². The summed E-state index contributed by atoms with van der Waals surface area (Å²) in [5.74, 6) is 0. The molecule has 0 amide bonds. The molecule has 0 saturated carbocycles. The molecule has 0 saturated heterocycles. The monoisotopic (exact) mass is 245 g/mol. The van der Waals surface area contributed by atoms with E-state index in [1.165, 1.54) is 11.3 Å². The van der Waals surface area contributed by atoms with E-state index >= 15 is 0 Å². The standard InChI is InChI=1S/C14H19N3O/c1-11(15-10-13-8-9-18-16-13)12-4-6-14(7-5-12)17(2)3/h4-9,11,15H,10H2,1-3H3. The summed E-state index contributed by atoms with van der Waals surface area (Å²) in [6, 6.07) is 10.7. The molecule has 0 spiro atoms. The molecule has 96 valence electrons. The molecule has 4 nitrogen and oxygen atoms in total. The van der Waals surface area contributed by atoms with E-state index in [-0.39, 0.29) is 6.04 Å². The molecule has 18 heavy (non-hydrogen) atoms. The van der Waals surface area contributed by atoms with Crippen molar-refractivity contribution in [1.82, 2.24) is 10.5 Å². The van der Waals surface area contributed by atoms with Gasteiger partial charge in [0.1, 0.15) is 6.26 Å². The summed E-state index contributed by atoms with van der Waals surface area (Å²) < 4.78 is 4.80. The van der Waals surface area contributed by atoms with Gasteiger partial charge in [-0.15, -0.1) is 0 Å². The molecule has 0 aliphatic rings. The first-order valence-electron chi connectivity index (χ1n) is 6.07. The molecule has 1 atom stereocenters. The fraction of sp³-hybridized carbons (Fsp3) is 0.357. The topological polar surface area (TPSA) is 41.3 Å². The maximum Gasteiger partial charge on any atom is 0.124 e. The van der Waals surface area contributed by atoms with Crippen LogP contribution in [0.5, 0.6) is 0 Å². The smallest absolute Gasteiger partial charge is 0.124 e. The van der Waals surface area contributed by atoms with E-state index in [0.717, 1.165) is 5.69 Å². The van der Waals surface area contributed by atoms with Gasteiger partial charge in [0.2, 0.25) is 0 Å². The van der Waals surface area contributed by atoms with E-state index in [1.54, 1.807) is 6.26 Å². The third-order valence-corrected chi connectivity index (χ3v) is 2.99. The summed E-state index contributed by atoms with van der Waals surface area (Å²) in [7, 11) is 4.09. The van der Waals surface area contributed by atoms with Gasteiger partial charge in [-0.2, -0.15) is 0 Å². The second-order valence-electron chi connectivity index (χ2n) is 4.58. The lowest BCUT2D eigenvalue weighted by molar-refractivity contribution is 0.406. The van der Waals surface area contributed by atoms with E-state index < -0.39 is 0 Å². The van der Waals surface area contributed by atoms with Crippen LogP contribution in [0.15, 0.2) is 41.1 Å². The normalized spacial score (nSPS) is 12.4. The fourth-order valence-electron chi connectivity index (χ4n) is 1.77. The van der Waals surface area contributed by atoms with Crippen molar-refractivity contribution in [2.45, 2.75) is 19.5 Å². The Morgan fingerprint density at radius 3 is 2.50 bits per heavy atom. The number of nitrogens with one attached hydrogen (secondary N) is 1. The van der Waals surface area contributed by atoms with Crippen LogP contribution in [0.1, 0.15) is 24.2 Å². The van der Waals surface area contributed by atoms with Crippen molar-refractivity contribution < 1.29 is 4.52 Å². The van der Waals surface area contributed by atoms with Crippen LogP contribution < -0.4 is 10.2 Å². The van der Waals surface area contributed by atoms with Crippen LogP contribution in [0.4, 0.5) is 5.69 Å². The number of nitrogens with zero attached hydrogens (tertiary/aromatic N) is 2. The van der Waals surface area contributed by atoms with Gasteiger partial charge < -0.3 is 14.7 Å². The zero-order chi connectivity index (χ0) is 13.0. The zero-order valence-electron chi connectivity index (χ0n) is 11.1. The Labute approximate surface area is 108 Å². The van der Waals surface area contributed by atoms with E-state index in [2.05, 4.69) is 46.6 Å². The first-order chi connectivity index (χ1) is 8.66. The molecule has 0 radical (unpaired) electrons. The summed E-state index contributed by atoms with van der Waals surface area (Å²) >= 11 is 0. The summed E-state index contributed by atoms with van der Waals surface area (Å²) in [6.45, 7) is 2.86. The lowest BCUT2D eigenvalue weighted by Crippen LogP contribution is -2.18. The SMILES string of the molecule is CC(NCc1ccon1)c1ccc(N(C)C)cc1. The van der Waals surface area contributed by atoms with Crippen LogP contribution in [0.25, 0.3) is 0 Å². The number of hydrogen-bond donors (Lipinski definition) is 1. The molecule has 1 aromatic heterocycles. The van der Waals surface area contributed by atoms with Crippen LogP contribution in [-0.2, 0) is 6.54 Å². The molecule has 0 aliphatic heterocycles. The Morgan fingerprint density at radius 1 is 1.22 bits per heavy atom. The van der Waals surface area contributed by atoms with Crippen molar-refractivity contribution >= 4 is 5.69 Å². The Morgan fingerprint density at radius 2 is 1.94 bits per heavy atom. The Hall–Kier alpha value is -1.81. The van der Waals surface area contributed by atoms with Gasteiger partial charge in [-0.05, 0) is 24.6 Å². The highest BCUT2D eigenvalue weighted by atomic mass is 16.5. The summed E-state index contributed by atoms with van der Waals surface area (Å²) in [5, 5.41) is 7.29. The number of rotatable bonds is 5. The zero-order valence-corrected chi connectivity index (χ0v) is 11.1. The molecule has 0 bridgehead atoms. The highest BCUT2D eigenvalue weighted by Gasteiger charge is 2.06. The molecule has 0 aliphatic carbocycles. The Balaban J connectivity index is 1.94. The number of anilines is 1. The van der Waals surface area contributed by atoms with Crippen molar-refractivity contribution in [1.29, 1.82) is 0 Å². The molecular weight excluding hydrogens is 226 g/mol. The Kier molecular flexibility index (Phi) is 3.99. The van der Waals surface area contributed by atoms with E-state index in [0.29, 0.717) is 6.54 Å². The van der Waals surface area contributed by atoms with Gasteiger partial charge in [0.15, 0.2) is 0 Å². The highest BCUT2D eigenvalue weighted by molar-refractivity contribution is 5.46. The molecule has 1 heterocycles. The van der Waals surface area contributed by atoms with Crippen LogP contribution in [-0.4, -0.2) is 19.3 Å². The van der Waals surface area contributed by atoms with Gasteiger partial charge >= 0.3 is 0 Å². The van der Waals surface area contributed by atoms with Crippen LogP contribution in [0.2, 0.25) is 0 Å². The lowest BCUT2D eigenvalue weighted by Gasteiger charge is -2.16. The Bertz CT molecular complexity index is 462. The third-order valence-electron chi connectivity index (χ3n) is 2.99. The number of hydrogen-bond acceptors (Lipinski definition) is 4. The number of benzene rings is 1. The van der Waals surface area contributed by atoms with Gasteiger partial charge in [0.05, 0.1) is 5.69 Å². The molecule has 1 unspecified atom stereocenters. The van der Waals surface area contributed by atoms with E-state index in [9.17, 15) is 0 Å². The molecule has 2 aromatic rings. The van der Waals surface area contributed by atoms with Gasteiger partial charge in [0, 0.05) is 38.4 Å². The lowest BCUT2D eigenvalue weighted by atomic mass is 10.1. The molecule has 2 rings (SSSR count). The number of aromatic nitrogens is 1. The van der Waals surface area contributed by atoms with Gasteiger partial charge in [-0.1, -0.05) is 17.3 Å². The molecular formula is C14H19N3O. The predicted molar refractivity (Wildman–Crippen MR) is 72.5 cm³/mol. The van der Waals surface area contributed by atoms with Crippen LogP contribution in [0, 0.1) is 0 Å². The average Bonchev–Trinajstić information content (AvgIpc) is 2.89. The van der Waals surface area contributed by atoms with E-state index in [1.807, 2.05) is 20.2 Å². The maximum absolute atomic E-state index is 4.80. The quantitative estimate of drug-likeness (QED) is 0.879. The third kappa shape index (κ3) is 3.11. The van der Waals surface area contributed by atoms with Gasteiger partial charge in [-0.3, -0.25) is 0 Å². The minimum Gasteiger partial charge on any atom is -0.378 e. The average molecular weight is 245 g/mol. The van der Waals surface area contributed by atoms with Crippen molar-refractivity contribution in [2.24, 2.45) is 0 Å². The van der Waals surface area contributed by atoms with Gasteiger partial charge in [0.25, 0.3) is 0 Å². The molecule has 4 heteroatoms. The largest absolute Gasteiger partial charge is 0.378 e. The maximum atomic E-state index is 4.80. The van der Waals surface area contributed by atoms with Crippen LogP contribution >= 0.6 is 0 Å². The fourth-order valence-corrected chi connectivity index (χ4v) is 1.77. The summed E-state index contributed by atoms with van der Waals surface area (Å²) in [6.07, 6.45) is 1.59. The summed E-state index contributed by atoms with van der Waals surface area (Å²) in [5.41, 5.74) is 3.40. The first-order valence-corrected chi connectivity index (χ1v) is 6.07. The first kappa shape index (κ1) is 12.6. The minimum absolute atomic E-state index is 0.290. The van der Waals surface area contributed by atoms with Crippen molar-refractivity contribution in [3.63, 3.8) is 0 Å².